The van der Waals surface area contributed by atoms with Gasteiger partial charge in [-0.2, -0.15) is 0 Å². The number of amides is 2. The third-order valence-corrected chi connectivity index (χ3v) is 6.46. The second kappa shape index (κ2) is 6.19. The van der Waals surface area contributed by atoms with E-state index < -0.39 is 0 Å². The summed E-state index contributed by atoms with van der Waals surface area (Å²) in [5.41, 5.74) is 2.33. The van der Waals surface area contributed by atoms with Gasteiger partial charge in [0.2, 0.25) is 11.8 Å². The van der Waals surface area contributed by atoms with Gasteiger partial charge >= 0.3 is 0 Å². The molecule has 0 spiro atoms. The van der Waals surface area contributed by atoms with Gasteiger partial charge in [0.05, 0.1) is 10.9 Å². The SMILES string of the molecule is CCC(NC(=O)C1CSC2(C)CCC(=O)N12)c1ccc(C)cc1. The summed E-state index contributed by atoms with van der Waals surface area (Å²) in [6.45, 7) is 6.20. The number of carbonyl (C=O) groups excluding carboxylic acids is 2. The first-order chi connectivity index (χ1) is 10.9. The van der Waals surface area contributed by atoms with Crippen LogP contribution >= 0.6 is 11.8 Å². The molecular formula is C18H24N2O2S. The minimum atomic E-state index is -0.334. The summed E-state index contributed by atoms with van der Waals surface area (Å²) in [4.78, 5) is 26.6. The van der Waals surface area contributed by atoms with E-state index in [4.69, 9.17) is 0 Å². The fourth-order valence-corrected chi connectivity index (χ4v) is 4.93. The lowest BCUT2D eigenvalue weighted by atomic mass is 10.0. The lowest BCUT2D eigenvalue weighted by Crippen LogP contribution is -2.50. The fourth-order valence-electron chi connectivity index (χ4n) is 3.50. The first kappa shape index (κ1) is 16.4. The number of carbonyl (C=O) groups is 2. The van der Waals surface area contributed by atoms with Crippen LogP contribution in [0.4, 0.5) is 0 Å². The zero-order valence-electron chi connectivity index (χ0n) is 14.0. The molecule has 0 aliphatic carbocycles. The summed E-state index contributed by atoms with van der Waals surface area (Å²) in [6, 6.07) is 7.93. The minimum absolute atomic E-state index is 0.00217. The monoisotopic (exact) mass is 332 g/mol. The van der Waals surface area contributed by atoms with E-state index in [2.05, 4.69) is 50.4 Å². The normalized spacial score (nSPS) is 27.9. The lowest BCUT2D eigenvalue weighted by molar-refractivity contribution is -0.138. The minimum Gasteiger partial charge on any atom is -0.347 e. The predicted octanol–water partition coefficient (Wildman–Crippen LogP) is 3.02. The summed E-state index contributed by atoms with van der Waals surface area (Å²) >= 11 is 1.73. The van der Waals surface area contributed by atoms with Crippen LogP contribution in [0.5, 0.6) is 0 Å². The van der Waals surface area contributed by atoms with Crippen LogP contribution in [0.1, 0.15) is 50.3 Å². The van der Waals surface area contributed by atoms with Gasteiger partial charge in [-0.3, -0.25) is 9.59 Å². The average molecular weight is 332 g/mol. The second-order valence-corrected chi connectivity index (χ2v) is 8.15. The lowest BCUT2D eigenvalue weighted by Gasteiger charge is -2.30. The largest absolute Gasteiger partial charge is 0.347 e. The molecule has 5 heteroatoms. The van der Waals surface area contributed by atoms with E-state index in [1.807, 2.05) is 4.90 Å². The highest BCUT2D eigenvalue weighted by Gasteiger charge is 2.52. The molecule has 1 N–H and O–H groups in total. The van der Waals surface area contributed by atoms with Crippen LogP contribution < -0.4 is 5.32 Å². The molecule has 3 unspecified atom stereocenters. The molecule has 0 aromatic heterocycles. The Balaban J connectivity index is 1.73. The summed E-state index contributed by atoms with van der Waals surface area (Å²) < 4.78 is 0. The number of fused-ring (bicyclic) bond motifs is 1. The molecule has 2 aliphatic rings. The van der Waals surface area contributed by atoms with E-state index in [0.717, 1.165) is 18.4 Å². The Morgan fingerprint density at radius 3 is 2.78 bits per heavy atom. The topological polar surface area (TPSA) is 49.4 Å². The van der Waals surface area contributed by atoms with Crippen LogP contribution in [-0.4, -0.2) is 33.4 Å². The van der Waals surface area contributed by atoms with E-state index in [9.17, 15) is 9.59 Å². The Morgan fingerprint density at radius 1 is 1.43 bits per heavy atom. The number of nitrogens with zero attached hydrogens (tertiary/aromatic N) is 1. The standard InChI is InChI=1S/C18H24N2O2S/c1-4-14(13-7-5-12(2)6-8-13)19-17(22)15-11-23-18(3)10-9-16(21)20(15)18/h5-8,14-15H,4,9-11H2,1-3H3,(H,19,22). The highest BCUT2D eigenvalue weighted by atomic mass is 32.2. The maximum atomic E-state index is 12.8. The van der Waals surface area contributed by atoms with Crippen molar-refractivity contribution in [2.24, 2.45) is 0 Å². The Bertz CT molecular complexity index is 616. The van der Waals surface area contributed by atoms with Crippen molar-refractivity contribution in [3.05, 3.63) is 35.4 Å². The van der Waals surface area contributed by atoms with E-state index >= 15 is 0 Å². The molecule has 2 fully saturated rings. The summed E-state index contributed by atoms with van der Waals surface area (Å²) in [5, 5.41) is 3.15. The number of hydrogen-bond acceptors (Lipinski definition) is 3. The highest BCUT2D eigenvalue weighted by Crippen LogP contribution is 2.47. The van der Waals surface area contributed by atoms with Gasteiger partial charge in [-0.15, -0.1) is 11.8 Å². The average Bonchev–Trinajstić information content (AvgIpc) is 3.02. The van der Waals surface area contributed by atoms with Crippen molar-refractivity contribution in [2.45, 2.75) is 57.0 Å². The molecule has 124 valence electrons. The first-order valence-electron chi connectivity index (χ1n) is 8.27. The third-order valence-electron chi connectivity index (χ3n) is 4.95. The van der Waals surface area contributed by atoms with Gasteiger partial charge in [-0.25, -0.2) is 0 Å². The number of thioether (sulfide) groups is 1. The maximum Gasteiger partial charge on any atom is 0.244 e. The van der Waals surface area contributed by atoms with Gasteiger partial charge in [0, 0.05) is 12.2 Å². The molecule has 0 bridgehead atoms. The maximum absolute atomic E-state index is 12.8. The molecule has 2 saturated heterocycles. The van der Waals surface area contributed by atoms with Crippen molar-refractivity contribution >= 4 is 23.6 Å². The number of benzene rings is 1. The number of nitrogens with one attached hydrogen (secondary N) is 1. The Kier molecular flexibility index (Phi) is 4.41. The number of rotatable bonds is 4. The van der Waals surface area contributed by atoms with Gasteiger partial charge in [0.1, 0.15) is 6.04 Å². The summed E-state index contributed by atoms with van der Waals surface area (Å²) in [5.74, 6) is 0.781. The van der Waals surface area contributed by atoms with Crippen LogP contribution in [0.3, 0.4) is 0 Å². The van der Waals surface area contributed by atoms with Crippen molar-refractivity contribution < 1.29 is 9.59 Å². The van der Waals surface area contributed by atoms with Gasteiger partial charge in [0.25, 0.3) is 0 Å². The summed E-state index contributed by atoms with van der Waals surface area (Å²) in [6.07, 6.45) is 2.23. The molecule has 3 rings (SSSR count). The van der Waals surface area contributed by atoms with Gasteiger partial charge < -0.3 is 10.2 Å². The van der Waals surface area contributed by atoms with E-state index in [1.165, 1.54) is 5.56 Å². The molecule has 4 nitrogen and oxygen atoms in total. The van der Waals surface area contributed by atoms with Gasteiger partial charge in [-0.1, -0.05) is 36.8 Å². The zero-order valence-corrected chi connectivity index (χ0v) is 14.8. The first-order valence-corrected chi connectivity index (χ1v) is 9.26. The third kappa shape index (κ3) is 2.99. The smallest absolute Gasteiger partial charge is 0.244 e. The fraction of sp³-hybridized carbons (Fsp3) is 0.556. The summed E-state index contributed by atoms with van der Waals surface area (Å²) in [7, 11) is 0. The van der Waals surface area contributed by atoms with Crippen LogP contribution in [0.15, 0.2) is 24.3 Å². The molecular weight excluding hydrogens is 308 g/mol. The van der Waals surface area contributed by atoms with Crippen molar-refractivity contribution in [3.8, 4) is 0 Å². The van der Waals surface area contributed by atoms with Crippen LogP contribution in [-0.2, 0) is 9.59 Å². The Labute approximate surface area is 142 Å². The molecule has 0 saturated carbocycles. The molecule has 23 heavy (non-hydrogen) atoms. The predicted molar refractivity (Wildman–Crippen MR) is 93.1 cm³/mol. The molecule has 2 heterocycles. The Morgan fingerprint density at radius 2 is 2.13 bits per heavy atom. The molecule has 3 atom stereocenters. The van der Waals surface area contributed by atoms with Crippen LogP contribution in [0.25, 0.3) is 0 Å². The van der Waals surface area contributed by atoms with Gasteiger partial charge in [-0.05, 0) is 32.3 Å². The quantitative estimate of drug-likeness (QED) is 0.922. The van der Waals surface area contributed by atoms with Crippen molar-refractivity contribution in [2.75, 3.05) is 5.75 Å². The van der Waals surface area contributed by atoms with Gasteiger partial charge in [0.15, 0.2) is 0 Å². The van der Waals surface area contributed by atoms with Crippen molar-refractivity contribution in [1.82, 2.24) is 10.2 Å². The molecule has 1 aromatic rings. The molecule has 1 aromatic carbocycles. The van der Waals surface area contributed by atoms with E-state index in [-0.39, 0.29) is 28.8 Å². The molecule has 2 amide bonds. The van der Waals surface area contributed by atoms with E-state index in [0.29, 0.717) is 12.2 Å². The highest BCUT2D eigenvalue weighted by molar-refractivity contribution is 8.01. The second-order valence-electron chi connectivity index (χ2n) is 6.65. The Hall–Kier alpha value is -1.49. The van der Waals surface area contributed by atoms with Crippen molar-refractivity contribution in [1.29, 1.82) is 0 Å². The van der Waals surface area contributed by atoms with Crippen LogP contribution in [0.2, 0.25) is 0 Å². The van der Waals surface area contributed by atoms with Crippen LogP contribution in [0, 0.1) is 6.92 Å². The zero-order chi connectivity index (χ0) is 16.6. The molecule has 2 aliphatic heterocycles. The number of aryl methyl sites for hydroxylation is 1. The van der Waals surface area contributed by atoms with Crippen molar-refractivity contribution in [3.63, 3.8) is 0 Å². The van der Waals surface area contributed by atoms with E-state index in [1.54, 1.807) is 11.8 Å². The molecule has 0 radical (unpaired) electrons. The number of hydrogen-bond donors (Lipinski definition) is 1.